The average molecular weight is 771 g/mol. The molecule has 5 atom stereocenters. The summed E-state index contributed by atoms with van der Waals surface area (Å²) in [6.45, 7) is 22.1. The minimum absolute atomic E-state index is 0.103. The van der Waals surface area contributed by atoms with Gasteiger partial charge in [-0.1, -0.05) is 143 Å². The number of fused-ring (bicyclic) bond motifs is 1. The van der Waals surface area contributed by atoms with Crippen molar-refractivity contribution in [1.29, 1.82) is 0 Å². The molecule has 2 N–H and O–H groups in total. The number of hydrogen-bond donors (Lipinski definition) is 2. The largest absolute Gasteiger partial charge is 0.462 e. The molecule has 0 aromatic rings. The van der Waals surface area contributed by atoms with Crippen molar-refractivity contribution in [1.82, 2.24) is 0 Å². The molecule has 3 rings (SSSR count). The molecule has 0 aromatic heterocycles. The predicted molar refractivity (Wildman–Crippen MR) is 227 cm³/mol. The summed E-state index contributed by atoms with van der Waals surface area (Å²) >= 11 is 0. The number of rotatable bonds is 16. The summed E-state index contributed by atoms with van der Waals surface area (Å²) in [7, 11) is 0. The summed E-state index contributed by atoms with van der Waals surface area (Å²) < 4.78 is 17.4. The fourth-order valence-corrected chi connectivity index (χ4v) is 8.54. The number of ether oxygens (including phenoxy) is 3. The number of carbonyl (C=O) groups is 2. The Labute approximate surface area is 338 Å². The van der Waals surface area contributed by atoms with Crippen LogP contribution in [0.5, 0.6) is 0 Å². The maximum absolute atomic E-state index is 12.5. The van der Waals surface area contributed by atoms with Gasteiger partial charge in [0.1, 0.15) is 18.3 Å². The van der Waals surface area contributed by atoms with E-state index in [1.807, 2.05) is 63.3 Å². The van der Waals surface area contributed by atoms with Crippen LogP contribution in [0.25, 0.3) is 0 Å². The van der Waals surface area contributed by atoms with Gasteiger partial charge in [-0.3, -0.25) is 9.59 Å². The number of unbranched alkanes of at least 4 members (excludes halogenated alkanes) is 3. The molecule has 3 aliphatic rings. The van der Waals surface area contributed by atoms with Crippen molar-refractivity contribution in [2.24, 2.45) is 10.8 Å². The first kappa shape index (κ1) is 46.7. The molecule has 7 nitrogen and oxygen atoms in total. The third-order valence-electron chi connectivity index (χ3n) is 11.3. The molecule has 0 radical (unpaired) electrons. The molecule has 56 heavy (non-hydrogen) atoms. The lowest BCUT2D eigenvalue weighted by molar-refractivity contribution is -0.152. The number of epoxide rings is 1. The Morgan fingerprint density at radius 3 is 2.07 bits per heavy atom. The van der Waals surface area contributed by atoms with Crippen LogP contribution in [0.4, 0.5) is 0 Å². The Morgan fingerprint density at radius 1 is 0.839 bits per heavy atom. The highest BCUT2D eigenvalue weighted by Crippen LogP contribution is 2.65. The number of aliphatic hydroxyl groups is 2. The highest BCUT2D eigenvalue weighted by molar-refractivity contribution is 5.69. The van der Waals surface area contributed by atoms with Crippen molar-refractivity contribution in [3.8, 4) is 11.8 Å². The predicted octanol–water partition coefficient (Wildman–Crippen LogP) is 10.5. The van der Waals surface area contributed by atoms with Gasteiger partial charge < -0.3 is 24.4 Å². The molecular weight excluding hydrogens is 701 g/mol. The summed E-state index contributed by atoms with van der Waals surface area (Å²) in [6.07, 6.45) is 29.1. The summed E-state index contributed by atoms with van der Waals surface area (Å²) in [6, 6.07) is 0. The summed E-state index contributed by atoms with van der Waals surface area (Å²) in [5.74, 6) is 6.18. The third-order valence-corrected chi connectivity index (χ3v) is 11.3. The van der Waals surface area contributed by atoms with Gasteiger partial charge in [-0.05, 0) is 77.4 Å². The maximum atomic E-state index is 12.5. The van der Waals surface area contributed by atoms with Gasteiger partial charge in [0.05, 0.1) is 11.7 Å². The van der Waals surface area contributed by atoms with Crippen LogP contribution in [-0.2, 0) is 23.8 Å². The molecule has 2 aliphatic carbocycles. The van der Waals surface area contributed by atoms with Crippen LogP contribution < -0.4 is 0 Å². The van der Waals surface area contributed by atoms with E-state index in [1.165, 1.54) is 12.5 Å². The molecule has 2 saturated carbocycles. The van der Waals surface area contributed by atoms with E-state index in [2.05, 4.69) is 84.6 Å². The Balaban J connectivity index is 1.62. The molecule has 1 heterocycles. The van der Waals surface area contributed by atoms with Gasteiger partial charge >= 0.3 is 11.9 Å². The molecule has 1 saturated heterocycles. The van der Waals surface area contributed by atoms with E-state index in [4.69, 9.17) is 14.2 Å². The lowest BCUT2D eigenvalue weighted by atomic mass is 9.63. The van der Waals surface area contributed by atoms with Gasteiger partial charge in [-0.25, -0.2) is 0 Å². The molecule has 308 valence electrons. The minimum atomic E-state index is -1.03. The molecule has 0 unspecified atom stereocenters. The fraction of sp³-hybridized carbons (Fsp3) is 0.592. The van der Waals surface area contributed by atoms with E-state index >= 15 is 0 Å². The van der Waals surface area contributed by atoms with Gasteiger partial charge in [-0.2, -0.15) is 0 Å². The normalized spacial score (nSPS) is 30.1. The summed E-state index contributed by atoms with van der Waals surface area (Å²) in [5.41, 5.74) is 2.26. The van der Waals surface area contributed by atoms with Crippen LogP contribution in [0.1, 0.15) is 140 Å². The molecule has 0 bridgehead atoms. The zero-order valence-corrected chi connectivity index (χ0v) is 36.2. The monoisotopic (exact) mass is 771 g/mol. The van der Waals surface area contributed by atoms with Crippen LogP contribution >= 0.6 is 0 Å². The van der Waals surface area contributed by atoms with Crippen LogP contribution in [-0.4, -0.2) is 57.8 Å². The standard InChI is InChI=1S/C49H70O7/c1-12-13-14-15-26-44(52)54-35-40(29-30-49-46(8,9)31-41(51)32-48(49,11)56-49)25-19-24-37(3)21-17-16-20-36(2)22-18-23-38(4)27-28-43-45(6,7)33-42(55-39(5)50)34-47(43,10)53/h16-25,28,41-42,51,53H,12-15,26-27,31-35H2,1-11H3/b17-16+,22-18+,24-19+,36-20+,37-21+,38-23+,40-25-,43-28?/t41-,42-,47+,48+,49-/m0/s1. The van der Waals surface area contributed by atoms with Crippen molar-refractivity contribution in [2.75, 3.05) is 6.61 Å². The quantitative estimate of drug-likeness (QED) is 0.0402. The summed E-state index contributed by atoms with van der Waals surface area (Å²) in [5, 5.41) is 21.7. The van der Waals surface area contributed by atoms with Gasteiger partial charge in [0.2, 0.25) is 0 Å². The lowest BCUT2D eigenvalue weighted by Crippen LogP contribution is -2.46. The molecule has 0 aromatic carbocycles. The number of allylic oxidation sites excluding steroid dienone is 14. The van der Waals surface area contributed by atoms with Gasteiger partial charge in [0.25, 0.3) is 0 Å². The first-order chi connectivity index (χ1) is 26.1. The molecule has 3 fully saturated rings. The molecule has 0 amide bonds. The molecule has 1 aliphatic heterocycles. The maximum Gasteiger partial charge on any atom is 0.306 e. The van der Waals surface area contributed by atoms with Crippen LogP contribution in [0.2, 0.25) is 0 Å². The van der Waals surface area contributed by atoms with Gasteiger partial charge in [-0.15, -0.1) is 0 Å². The zero-order valence-electron chi connectivity index (χ0n) is 36.2. The van der Waals surface area contributed by atoms with Crippen molar-refractivity contribution in [2.45, 2.75) is 169 Å². The highest BCUT2D eigenvalue weighted by atomic mass is 16.6. The smallest absolute Gasteiger partial charge is 0.306 e. The number of carbonyl (C=O) groups excluding carboxylic acids is 2. The van der Waals surface area contributed by atoms with E-state index in [0.717, 1.165) is 48.8 Å². The Hall–Kier alpha value is -3.70. The third kappa shape index (κ3) is 13.5. The van der Waals surface area contributed by atoms with Crippen molar-refractivity contribution < 1.29 is 34.0 Å². The molecule has 7 heteroatoms. The van der Waals surface area contributed by atoms with Gasteiger partial charge in [0.15, 0.2) is 5.60 Å². The van der Waals surface area contributed by atoms with Gasteiger partial charge in [0, 0.05) is 37.2 Å². The number of hydrogen-bond acceptors (Lipinski definition) is 7. The van der Waals surface area contributed by atoms with E-state index < -0.39 is 22.9 Å². The fourth-order valence-electron chi connectivity index (χ4n) is 8.54. The molecular formula is C49H70O7. The SMILES string of the molecule is CCCCCCC(=O)OC\C(C#C[C@@]12O[C@]1(C)C[C@@H](O)CC2(C)C)=C/C=C/C(C)=C/C=C/C=C(C)/C=C/C=C(\C)CC=C1C(C)(C)C[C@H](OC(C)=O)C[C@@]1(C)O. The lowest BCUT2D eigenvalue weighted by Gasteiger charge is -2.46. The second kappa shape index (κ2) is 20.1. The van der Waals surface area contributed by atoms with Crippen LogP contribution in [0.3, 0.4) is 0 Å². The summed E-state index contributed by atoms with van der Waals surface area (Å²) in [4.78, 5) is 24.0. The highest BCUT2D eigenvalue weighted by Gasteiger charge is 2.75. The second-order valence-electron chi connectivity index (χ2n) is 17.9. The molecule has 0 spiro atoms. The van der Waals surface area contributed by atoms with Crippen molar-refractivity contribution in [3.05, 3.63) is 94.7 Å². The zero-order chi connectivity index (χ0) is 41.8. The van der Waals surface area contributed by atoms with E-state index in [1.54, 1.807) is 0 Å². The average Bonchev–Trinajstić information content (AvgIpc) is 3.69. The van der Waals surface area contributed by atoms with Crippen molar-refractivity contribution >= 4 is 11.9 Å². The second-order valence-corrected chi connectivity index (χ2v) is 17.9. The van der Waals surface area contributed by atoms with E-state index in [-0.39, 0.29) is 35.5 Å². The van der Waals surface area contributed by atoms with Crippen molar-refractivity contribution in [3.63, 3.8) is 0 Å². The van der Waals surface area contributed by atoms with E-state index in [9.17, 15) is 19.8 Å². The number of aliphatic hydroxyl groups excluding tert-OH is 1. The first-order valence-electron chi connectivity index (χ1n) is 20.6. The Bertz CT molecular complexity index is 1690. The van der Waals surface area contributed by atoms with Crippen LogP contribution in [0, 0.1) is 22.7 Å². The number of esters is 2. The Morgan fingerprint density at radius 2 is 1.48 bits per heavy atom. The topological polar surface area (TPSA) is 106 Å². The van der Waals surface area contributed by atoms with E-state index in [0.29, 0.717) is 37.7 Å². The minimum Gasteiger partial charge on any atom is -0.462 e. The van der Waals surface area contributed by atoms with Crippen LogP contribution in [0.15, 0.2) is 94.7 Å². The first-order valence-corrected chi connectivity index (χ1v) is 20.6. The Kier molecular flexibility index (Phi) is 16.8.